The van der Waals surface area contributed by atoms with E-state index < -0.39 is 5.91 Å². The molecule has 84 valence electrons. The first-order valence-corrected chi connectivity index (χ1v) is 5.76. The summed E-state index contributed by atoms with van der Waals surface area (Å²) in [5.74, 6) is -0.397. The molecule has 4 N–H and O–H groups in total. The first-order chi connectivity index (χ1) is 7.17. The third kappa shape index (κ3) is 3.62. The zero-order valence-corrected chi connectivity index (χ0v) is 9.51. The summed E-state index contributed by atoms with van der Waals surface area (Å²) >= 11 is 1.50. The molecule has 0 fully saturated rings. The van der Waals surface area contributed by atoms with Crippen molar-refractivity contribution >= 4 is 17.2 Å². The third-order valence-corrected chi connectivity index (χ3v) is 3.15. The second kappa shape index (κ2) is 5.85. The Kier molecular flexibility index (Phi) is 4.74. The van der Waals surface area contributed by atoms with E-state index in [0.29, 0.717) is 12.1 Å². The van der Waals surface area contributed by atoms with E-state index in [1.807, 2.05) is 6.92 Å². The number of carbonyl (C=O) groups excluding carboxylic acids is 1. The number of aliphatic hydroxyl groups excluding tert-OH is 1. The van der Waals surface area contributed by atoms with Crippen molar-refractivity contribution in [3.05, 3.63) is 21.9 Å². The van der Waals surface area contributed by atoms with Gasteiger partial charge in [-0.15, -0.1) is 11.3 Å². The number of aliphatic hydroxyl groups is 1. The summed E-state index contributed by atoms with van der Waals surface area (Å²) < 4.78 is 0. The first-order valence-electron chi connectivity index (χ1n) is 4.88. The lowest BCUT2D eigenvalue weighted by molar-refractivity contribution is 0.100. The highest BCUT2D eigenvalue weighted by molar-refractivity contribution is 7.10. The third-order valence-electron chi connectivity index (χ3n) is 2.22. The molecule has 0 spiro atoms. The molecule has 1 amide bonds. The molecule has 0 saturated carbocycles. The van der Waals surface area contributed by atoms with Gasteiger partial charge in [0.05, 0.1) is 12.2 Å². The van der Waals surface area contributed by atoms with Crippen LogP contribution in [0.4, 0.5) is 0 Å². The number of primary amides is 1. The summed E-state index contributed by atoms with van der Waals surface area (Å²) in [5.41, 5.74) is 5.69. The Morgan fingerprint density at radius 1 is 1.73 bits per heavy atom. The molecule has 1 rings (SSSR count). The summed E-state index contributed by atoms with van der Waals surface area (Å²) in [6.07, 6.45) is 0.880. The molecule has 4 nitrogen and oxygen atoms in total. The fraction of sp³-hybridized carbons (Fsp3) is 0.500. The number of nitrogens with two attached hydrogens (primary N) is 1. The van der Waals surface area contributed by atoms with Crippen molar-refractivity contribution in [3.63, 3.8) is 0 Å². The highest BCUT2D eigenvalue weighted by Crippen LogP contribution is 2.14. The van der Waals surface area contributed by atoms with Crippen molar-refractivity contribution in [2.45, 2.75) is 25.9 Å². The van der Waals surface area contributed by atoms with Gasteiger partial charge in [0.1, 0.15) is 0 Å². The van der Waals surface area contributed by atoms with Gasteiger partial charge in [0, 0.05) is 22.8 Å². The van der Waals surface area contributed by atoms with Crippen LogP contribution < -0.4 is 11.1 Å². The van der Waals surface area contributed by atoms with Gasteiger partial charge in [0.2, 0.25) is 5.91 Å². The maximum Gasteiger partial charge on any atom is 0.249 e. The van der Waals surface area contributed by atoms with Gasteiger partial charge in [0.25, 0.3) is 0 Å². The van der Waals surface area contributed by atoms with Crippen LogP contribution in [-0.4, -0.2) is 23.7 Å². The number of thiophene rings is 1. The highest BCUT2D eigenvalue weighted by atomic mass is 32.1. The van der Waals surface area contributed by atoms with Crippen molar-refractivity contribution in [3.8, 4) is 0 Å². The molecular formula is C10H16N2O2S. The Labute approximate surface area is 93.1 Å². The van der Waals surface area contributed by atoms with Gasteiger partial charge in [-0.2, -0.15) is 0 Å². The maximum absolute atomic E-state index is 10.8. The minimum absolute atomic E-state index is 0.115. The number of amides is 1. The first kappa shape index (κ1) is 12.2. The lowest BCUT2D eigenvalue weighted by Gasteiger charge is -2.12. The zero-order valence-electron chi connectivity index (χ0n) is 8.69. The number of hydrogen-bond donors (Lipinski definition) is 3. The van der Waals surface area contributed by atoms with Crippen molar-refractivity contribution in [1.29, 1.82) is 0 Å². The molecule has 0 aliphatic heterocycles. The van der Waals surface area contributed by atoms with Gasteiger partial charge in [0.15, 0.2) is 0 Å². The van der Waals surface area contributed by atoms with Gasteiger partial charge in [-0.05, 0) is 12.5 Å². The minimum atomic E-state index is -0.397. The molecule has 0 radical (unpaired) electrons. The Morgan fingerprint density at radius 2 is 2.47 bits per heavy atom. The van der Waals surface area contributed by atoms with Crippen molar-refractivity contribution < 1.29 is 9.90 Å². The lowest BCUT2D eigenvalue weighted by atomic mass is 10.2. The predicted molar refractivity (Wildman–Crippen MR) is 60.8 cm³/mol. The lowest BCUT2D eigenvalue weighted by Crippen LogP contribution is -2.30. The monoisotopic (exact) mass is 228 g/mol. The topological polar surface area (TPSA) is 75.3 Å². The van der Waals surface area contributed by atoms with Crippen LogP contribution >= 0.6 is 11.3 Å². The molecule has 0 aliphatic rings. The standard InChI is InChI=1S/C10H16N2O2S/c1-2-8(5-13)12-4-9-3-7(6-15-9)10(11)14/h3,6,8,12-13H,2,4-5H2,1H3,(H2,11,14). The minimum Gasteiger partial charge on any atom is -0.395 e. The SMILES string of the molecule is CCC(CO)NCc1cc(C(N)=O)cs1. The van der Waals surface area contributed by atoms with E-state index in [-0.39, 0.29) is 12.6 Å². The van der Waals surface area contributed by atoms with E-state index in [1.54, 1.807) is 11.4 Å². The van der Waals surface area contributed by atoms with Crippen LogP contribution in [0.15, 0.2) is 11.4 Å². The summed E-state index contributed by atoms with van der Waals surface area (Å²) in [5, 5.41) is 13.9. The molecule has 0 aromatic carbocycles. The molecule has 0 bridgehead atoms. The zero-order chi connectivity index (χ0) is 11.3. The van der Waals surface area contributed by atoms with E-state index in [9.17, 15) is 4.79 Å². The van der Waals surface area contributed by atoms with Gasteiger partial charge in [-0.25, -0.2) is 0 Å². The average Bonchev–Trinajstić information content (AvgIpc) is 2.68. The molecule has 1 aromatic heterocycles. The number of carbonyl (C=O) groups is 1. The molecule has 5 heteroatoms. The van der Waals surface area contributed by atoms with E-state index in [1.165, 1.54) is 11.3 Å². The molecule has 1 atom stereocenters. The second-order valence-electron chi connectivity index (χ2n) is 3.33. The fourth-order valence-electron chi connectivity index (χ4n) is 1.19. The van der Waals surface area contributed by atoms with Gasteiger partial charge in [-0.1, -0.05) is 6.92 Å². The molecule has 1 heterocycles. The van der Waals surface area contributed by atoms with Crippen molar-refractivity contribution in [2.75, 3.05) is 6.61 Å². The van der Waals surface area contributed by atoms with Crippen LogP contribution in [0.1, 0.15) is 28.6 Å². The van der Waals surface area contributed by atoms with E-state index in [0.717, 1.165) is 11.3 Å². The van der Waals surface area contributed by atoms with E-state index >= 15 is 0 Å². The van der Waals surface area contributed by atoms with Crippen LogP contribution in [0.25, 0.3) is 0 Å². The van der Waals surface area contributed by atoms with Gasteiger partial charge in [-0.3, -0.25) is 4.79 Å². The molecule has 0 saturated heterocycles. The maximum atomic E-state index is 10.8. The van der Waals surface area contributed by atoms with Gasteiger partial charge >= 0.3 is 0 Å². The average molecular weight is 228 g/mol. The van der Waals surface area contributed by atoms with Crippen molar-refractivity contribution in [2.24, 2.45) is 5.73 Å². The normalized spacial score (nSPS) is 12.7. The second-order valence-corrected chi connectivity index (χ2v) is 4.33. The molecule has 0 aliphatic carbocycles. The Morgan fingerprint density at radius 3 is 2.93 bits per heavy atom. The van der Waals surface area contributed by atoms with Crippen molar-refractivity contribution in [1.82, 2.24) is 5.32 Å². The number of rotatable bonds is 6. The quantitative estimate of drug-likeness (QED) is 0.671. The molecule has 1 unspecified atom stereocenters. The molecule has 15 heavy (non-hydrogen) atoms. The Balaban J connectivity index is 2.47. The van der Waals surface area contributed by atoms with E-state index in [2.05, 4.69) is 5.32 Å². The summed E-state index contributed by atoms with van der Waals surface area (Å²) in [6, 6.07) is 1.90. The Bertz CT molecular complexity index is 321. The van der Waals surface area contributed by atoms with Crippen LogP contribution in [0, 0.1) is 0 Å². The van der Waals surface area contributed by atoms with E-state index in [4.69, 9.17) is 10.8 Å². The molecular weight excluding hydrogens is 212 g/mol. The number of hydrogen-bond acceptors (Lipinski definition) is 4. The summed E-state index contributed by atoms with van der Waals surface area (Å²) in [7, 11) is 0. The molecule has 1 aromatic rings. The number of nitrogens with one attached hydrogen (secondary N) is 1. The highest BCUT2D eigenvalue weighted by Gasteiger charge is 2.07. The van der Waals surface area contributed by atoms with Crippen LogP contribution in [0.2, 0.25) is 0 Å². The predicted octanol–water partition coefficient (Wildman–Crippen LogP) is 0.707. The van der Waals surface area contributed by atoms with Crippen LogP contribution in [0.5, 0.6) is 0 Å². The van der Waals surface area contributed by atoms with Crippen LogP contribution in [0.3, 0.4) is 0 Å². The summed E-state index contributed by atoms with van der Waals surface area (Å²) in [6.45, 7) is 2.80. The van der Waals surface area contributed by atoms with Crippen LogP contribution in [-0.2, 0) is 6.54 Å². The van der Waals surface area contributed by atoms with Gasteiger partial charge < -0.3 is 16.2 Å². The Hall–Kier alpha value is -0.910. The smallest absolute Gasteiger partial charge is 0.249 e. The fourth-order valence-corrected chi connectivity index (χ4v) is 2.01. The summed E-state index contributed by atoms with van der Waals surface area (Å²) in [4.78, 5) is 11.9. The largest absolute Gasteiger partial charge is 0.395 e.